The molecule has 6 heteroatoms. The van der Waals surface area contributed by atoms with Crippen molar-refractivity contribution in [3.8, 4) is 17.2 Å². The van der Waals surface area contributed by atoms with Crippen LogP contribution in [0.25, 0.3) is 11.1 Å². The predicted octanol–water partition coefficient (Wildman–Crippen LogP) is 4.52. The molecule has 0 heterocycles. The van der Waals surface area contributed by atoms with E-state index in [0.29, 0.717) is 11.5 Å². The Bertz CT molecular complexity index is 937. The summed E-state index contributed by atoms with van der Waals surface area (Å²) in [6.45, 7) is 4.33. The van der Waals surface area contributed by atoms with Gasteiger partial charge < -0.3 is 5.32 Å². The largest absolute Gasteiger partial charge is 0.385 e. The lowest BCUT2D eigenvalue weighted by molar-refractivity contribution is 0.323. The average Bonchev–Trinajstić information content (AvgIpc) is 2.73. The van der Waals surface area contributed by atoms with E-state index in [2.05, 4.69) is 40.4 Å². The van der Waals surface area contributed by atoms with Gasteiger partial charge in [-0.05, 0) is 80.8 Å². The van der Waals surface area contributed by atoms with E-state index in [4.69, 9.17) is 5.26 Å². The zero-order valence-corrected chi connectivity index (χ0v) is 17.9. The standard InChI is InChI=1S/C23H29N3O2S/c1-17(2)29(27,28)26-23-11-5-19(6-12-23)16-25-22-13-9-21(10-14-22)20-7-3-18(15-24)4-8-20/h3-4,7-10,13-14,17,19,23,25-26H,5-6,11-12,16H2,1-2H3. The van der Waals surface area contributed by atoms with Crippen LogP contribution >= 0.6 is 0 Å². The molecule has 29 heavy (non-hydrogen) atoms. The van der Waals surface area contributed by atoms with Crippen molar-refractivity contribution >= 4 is 15.7 Å². The van der Waals surface area contributed by atoms with Crippen molar-refractivity contribution in [3.05, 3.63) is 54.1 Å². The fourth-order valence-electron chi connectivity index (χ4n) is 3.63. The van der Waals surface area contributed by atoms with Crippen molar-refractivity contribution < 1.29 is 8.42 Å². The Kier molecular flexibility index (Phi) is 6.94. The van der Waals surface area contributed by atoms with Crippen LogP contribution in [0.15, 0.2) is 48.5 Å². The molecule has 2 N–H and O–H groups in total. The van der Waals surface area contributed by atoms with Crippen LogP contribution in [0.4, 0.5) is 5.69 Å². The molecule has 0 amide bonds. The summed E-state index contributed by atoms with van der Waals surface area (Å²) in [7, 11) is -3.18. The number of nitrogens with zero attached hydrogens (tertiary/aromatic N) is 1. The van der Waals surface area contributed by atoms with Gasteiger partial charge in [0.15, 0.2) is 0 Å². The van der Waals surface area contributed by atoms with Gasteiger partial charge >= 0.3 is 0 Å². The molecule has 0 saturated heterocycles. The van der Waals surface area contributed by atoms with Gasteiger partial charge in [-0.1, -0.05) is 24.3 Å². The zero-order valence-electron chi connectivity index (χ0n) is 17.1. The quantitative estimate of drug-likeness (QED) is 0.702. The number of hydrogen-bond acceptors (Lipinski definition) is 4. The Hall–Kier alpha value is -2.36. The number of anilines is 1. The normalized spacial score (nSPS) is 19.7. The van der Waals surface area contributed by atoms with Crippen molar-refractivity contribution in [1.29, 1.82) is 5.26 Å². The molecule has 3 rings (SSSR count). The molecule has 2 aromatic carbocycles. The fraction of sp³-hybridized carbons (Fsp3) is 0.435. The maximum Gasteiger partial charge on any atom is 0.214 e. The second-order valence-corrected chi connectivity index (χ2v) is 10.3. The van der Waals surface area contributed by atoms with E-state index in [-0.39, 0.29) is 11.3 Å². The molecule has 0 spiro atoms. The molecule has 0 unspecified atom stereocenters. The third-order valence-corrected chi connectivity index (χ3v) is 7.53. The summed E-state index contributed by atoms with van der Waals surface area (Å²) >= 11 is 0. The highest BCUT2D eigenvalue weighted by atomic mass is 32.2. The zero-order chi connectivity index (χ0) is 20.9. The van der Waals surface area contributed by atoms with E-state index in [1.807, 2.05) is 24.3 Å². The maximum absolute atomic E-state index is 12.0. The van der Waals surface area contributed by atoms with Gasteiger partial charge in [0.25, 0.3) is 0 Å². The maximum atomic E-state index is 12.0. The summed E-state index contributed by atoms with van der Waals surface area (Å²) in [4.78, 5) is 0. The molecular formula is C23H29N3O2S. The average molecular weight is 412 g/mol. The SMILES string of the molecule is CC(C)S(=O)(=O)NC1CCC(CNc2ccc(-c3ccc(C#N)cc3)cc2)CC1. The first-order valence-electron chi connectivity index (χ1n) is 10.2. The monoisotopic (exact) mass is 411 g/mol. The summed E-state index contributed by atoms with van der Waals surface area (Å²) in [6, 6.07) is 18.1. The molecule has 1 fully saturated rings. The number of nitriles is 1. The summed E-state index contributed by atoms with van der Waals surface area (Å²) in [6.07, 6.45) is 3.86. The van der Waals surface area contributed by atoms with Crippen molar-refractivity contribution in [2.75, 3.05) is 11.9 Å². The van der Waals surface area contributed by atoms with E-state index >= 15 is 0 Å². The van der Waals surface area contributed by atoms with Crippen molar-refractivity contribution in [2.24, 2.45) is 5.92 Å². The number of benzene rings is 2. The molecule has 0 aliphatic heterocycles. The molecule has 154 valence electrons. The second kappa shape index (κ2) is 9.43. The summed E-state index contributed by atoms with van der Waals surface area (Å²) in [5, 5.41) is 12.0. The number of sulfonamides is 1. The van der Waals surface area contributed by atoms with E-state index in [1.54, 1.807) is 13.8 Å². The van der Waals surface area contributed by atoms with E-state index < -0.39 is 10.0 Å². The third-order valence-electron chi connectivity index (χ3n) is 5.63. The topological polar surface area (TPSA) is 82.0 Å². The second-order valence-electron chi connectivity index (χ2n) is 8.08. The summed E-state index contributed by atoms with van der Waals surface area (Å²) in [5.41, 5.74) is 3.97. The van der Waals surface area contributed by atoms with Crippen LogP contribution in [0.2, 0.25) is 0 Å². The highest BCUT2D eigenvalue weighted by molar-refractivity contribution is 7.90. The van der Waals surface area contributed by atoms with Gasteiger partial charge in [-0.2, -0.15) is 5.26 Å². The molecule has 1 aliphatic carbocycles. The first-order valence-corrected chi connectivity index (χ1v) is 11.8. The van der Waals surface area contributed by atoms with Crippen LogP contribution in [-0.2, 0) is 10.0 Å². The Morgan fingerprint density at radius 1 is 0.966 bits per heavy atom. The van der Waals surface area contributed by atoms with Gasteiger partial charge in [0, 0.05) is 18.3 Å². The minimum atomic E-state index is -3.18. The first kappa shape index (κ1) is 21.4. The van der Waals surface area contributed by atoms with Gasteiger partial charge in [-0.3, -0.25) is 0 Å². The highest BCUT2D eigenvalue weighted by Gasteiger charge is 2.26. The Morgan fingerprint density at radius 2 is 1.52 bits per heavy atom. The number of hydrogen-bond donors (Lipinski definition) is 2. The van der Waals surface area contributed by atoms with Crippen LogP contribution in [0.3, 0.4) is 0 Å². The number of nitrogens with one attached hydrogen (secondary N) is 2. The van der Waals surface area contributed by atoms with Gasteiger partial charge in [-0.15, -0.1) is 0 Å². The van der Waals surface area contributed by atoms with Crippen LogP contribution in [-0.4, -0.2) is 26.3 Å². The molecule has 1 saturated carbocycles. The van der Waals surface area contributed by atoms with E-state index in [9.17, 15) is 8.42 Å². The third kappa shape index (κ3) is 5.81. The fourth-order valence-corrected chi connectivity index (χ4v) is 4.61. The molecule has 0 bridgehead atoms. The molecule has 5 nitrogen and oxygen atoms in total. The van der Waals surface area contributed by atoms with Gasteiger partial charge in [0.05, 0.1) is 16.9 Å². The molecule has 0 radical (unpaired) electrons. The Morgan fingerprint density at radius 3 is 2.03 bits per heavy atom. The van der Waals surface area contributed by atoms with Crippen molar-refractivity contribution in [2.45, 2.75) is 50.8 Å². The van der Waals surface area contributed by atoms with Crippen LogP contribution in [0.5, 0.6) is 0 Å². The molecule has 0 aromatic heterocycles. The van der Waals surface area contributed by atoms with Gasteiger partial charge in [0.2, 0.25) is 10.0 Å². The lowest BCUT2D eigenvalue weighted by Gasteiger charge is -2.29. The molecule has 1 aliphatic rings. The lowest BCUT2D eigenvalue weighted by Crippen LogP contribution is -2.41. The summed E-state index contributed by atoms with van der Waals surface area (Å²) < 4.78 is 26.9. The first-order chi connectivity index (χ1) is 13.9. The predicted molar refractivity (Wildman–Crippen MR) is 118 cm³/mol. The van der Waals surface area contributed by atoms with Crippen molar-refractivity contribution in [1.82, 2.24) is 4.72 Å². The van der Waals surface area contributed by atoms with E-state index in [1.165, 1.54) is 0 Å². The lowest BCUT2D eigenvalue weighted by atomic mass is 9.86. The van der Waals surface area contributed by atoms with Crippen molar-refractivity contribution in [3.63, 3.8) is 0 Å². The Labute approximate surface area is 174 Å². The molecule has 0 atom stereocenters. The molecular weight excluding hydrogens is 382 g/mol. The van der Waals surface area contributed by atoms with Crippen LogP contribution in [0.1, 0.15) is 45.1 Å². The Balaban J connectivity index is 1.47. The van der Waals surface area contributed by atoms with E-state index in [0.717, 1.165) is 49.0 Å². The van der Waals surface area contributed by atoms with Gasteiger partial charge in [0.1, 0.15) is 0 Å². The summed E-state index contributed by atoms with van der Waals surface area (Å²) in [5.74, 6) is 0.563. The smallest absolute Gasteiger partial charge is 0.214 e. The minimum absolute atomic E-state index is 0.0744. The minimum Gasteiger partial charge on any atom is -0.385 e. The van der Waals surface area contributed by atoms with Crippen LogP contribution < -0.4 is 10.0 Å². The molecule has 2 aromatic rings. The number of rotatable bonds is 7. The van der Waals surface area contributed by atoms with Crippen LogP contribution in [0, 0.1) is 17.2 Å². The van der Waals surface area contributed by atoms with Gasteiger partial charge in [-0.25, -0.2) is 13.1 Å². The highest BCUT2D eigenvalue weighted by Crippen LogP contribution is 2.26.